The lowest BCUT2D eigenvalue weighted by Crippen LogP contribution is -2.32. The van der Waals surface area contributed by atoms with Crippen LogP contribution >= 0.6 is 11.8 Å². The van der Waals surface area contributed by atoms with Crippen LogP contribution in [0.4, 0.5) is 11.6 Å². The molecule has 1 N–H and O–H groups in total. The number of nitrogens with zero attached hydrogens (tertiary/aromatic N) is 4. The highest BCUT2D eigenvalue weighted by molar-refractivity contribution is 7.99. The number of benzene rings is 1. The molecule has 9 heteroatoms. The first-order valence-electron chi connectivity index (χ1n) is 10.0. The molecule has 1 aliphatic heterocycles. The summed E-state index contributed by atoms with van der Waals surface area (Å²) >= 11 is 1.44. The van der Waals surface area contributed by atoms with Gasteiger partial charge in [-0.1, -0.05) is 11.8 Å². The molecule has 1 aliphatic carbocycles. The van der Waals surface area contributed by atoms with Crippen LogP contribution in [0.5, 0.6) is 11.5 Å². The third kappa shape index (κ3) is 4.77. The van der Waals surface area contributed by atoms with Crippen molar-refractivity contribution in [1.82, 2.24) is 14.8 Å². The summed E-state index contributed by atoms with van der Waals surface area (Å²) in [6, 6.07) is 5.78. The maximum atomic E-state index is 12.5. The molecular weight excluding hydrogens is 390 g/mol. The van der Waals surface area contributed by atoms with Crippen LogP contribution in [0.1, 0.15) is 38.1 Å². The van der Waals surface area contributed by atoms with Crippen molar-refractivity contribution >= 4 is 29.3 Å². The summed E-state index contributed by atoms with van der Waals surface area (Å²) in [5.41, 5.74) is 0.643. The Morgan fingerprint density at radius 3 is 2.41 bits per heavy atom. The molecule has 8 nitrogen and oxygen atoms in total. The SMILES string of the molecule is COc1cc(NC(=O)CSc2nnc(N3CCCCC3)n2C2CC2)cc(OC)c1. The molecule has 2 aliphatic rings. The number of hydrogen-bond acceptors (Lipinski definition) is 7. The molecule has 0 unspecified atom stereocenters. The topological polar surface area (TPSA) is 81.5 Å². The van der Waals surface area contributed by atoms with Gasteiger partial charge < -0.3 is 19.7 Å². The largest absolute Gasteiger partial charge is 0.497 e. The van der Waals surface area contributed by atoms with Crippen LogP contribution in [0, 0.1) is 0 Å². The fourth-order valence-electron chi connectivity index (χ4n) is 3.54. The van der Waals surface area contributed by atoms with E-state index in [0.717, 1.165) is 37.0 Å². The lowest BCUT2D eigenvalue weighted by atomic mass is 10.1. The summed E-state index contributed by atoms with van der Waals surface area (Å²) in [5.74, 6) is 2.39. The molecular formula is C20H27N5O3S. The number of amides is 1. The molecule has 0 radical (unpaired) electrons. The average molecular weight is 418 g/mol. The number of carbonyl (C=O) groups is 1. The number of thioether (sulfide) groups is 1. The zero-order valence-corrected chi connectivity index (χ0v) is 17.7. The molecule has 1 aromatic heterocycles. The summed E-state index contributed by atoms with van der Waals surface area (Å²) in [6.45, 7) is 2.07. The van der Waals surface area contributed by atoms with E-state index in [2.05, 4.69) is 25.0 Å². The number of methoxy groups -OCH3 is 2. The van der Waals surface area contributed by atoms with Crippen LogP contribution < -0.4 is 19.7 Å². The third-order valence-corrected chi connectivity index (χ3v) is 6.11. The molecule has 0 spiro atoms. The quantitative estimate of drug-likeness (QED) is 0.660. The molecule has 0 bridgehead atoms. The van der Waals surface area contributed by atoms with Crippen molar-refractivity contribution in [3.63, 3.8) is 0 Å². The van der Waals surface area contributed by atoms with Gasteiger partial charge in [-0.25, -0.2) is 0 Å². The van der Waals surface area contributed by atoms with E-state index in [4.69, 9.17) is 9.47 Å². The van der Waals surface area contributed by atoms with Gasteiger partial charge in [0.05, 0.1) is 20.0 Å². The number of ether oxygens (including phenoxy) is 2. The van der Waals surface area contributed by atoms with Crippen molar-refractivity contribution in [2.45, 2.75) is 43.3 Å². The smallest absolute Gasteiger partial charge is 0.234 e. The highest BCUT2D eigenvalue weighted by Gasteiger charge is 2.32. The number of piperidine rings is 1. The Morgan fingerprint density at radius 2 is 1.79 bits per heavy atom. The van der Waals surface area contributed by atoms with Gasteiger partial charge in [0.1, 0.15) is 11.5 Å². The predicted molar refractivity (Wildman–Crippen MR) is 113 cm³/mol. The number of nitrogens with one attached hydrogen (secondary N) is 1. The minimum Gasteiger partial charge on any atom is -0.497 e. The lowest BCUT2D eigenvalue weighted by Gasteiger charge is -2.27. The Labute approximate surface area is 175 Å². The van der Waals surface area contributed by atoms with Crippen LogP contribution in [0.2, 0.25) is 0 Å². The first-order chi connectivity index (χ1) is 14.2. The second-order valence-corrected chi connectivity index (χ2v) is 8.31. The van der Waals surface area contributed by atoms with Crippen LogP contribution in [0.15, 0.2) is 23.4 Å². The maximum absolute atomic E-state index is 12.5. The lowest BCUT2D eigenvalue weighted by molar-refractivity contribution is -0.113. The highest BCUT2D eigenvalue weighted by Crippen LogP contribution is 2.41. The second-order valence-electron chi connectivity index (χ2n) is 7.37. The number of anilines is 2. The van der Waals surface area contributed by atoms with Crippen LogP contribution in [-0.4, -0.2) is 53.7 Å². The summed E-state index contributed by atoms with van der Waals surface area (Å²) in [5, 5.41) is 12.6. The van der Waals surface area contributed by atoms with E-state index in [9.17, 15) is 4.79 Å². The number of carbonyl (C=O) groups excluding carboxylic acids is 1. The number of aromatic nitrogens is 3. The minimum atomic E-state index is -0.102. The molecule has 0 atom stereocenters. The van der Waals surface area contributed by atoms with Crippen LogP contribution in [0.25, 0.3) is 0 Å². The normalized spacial score (nSPS) is 16.6. The van der Waals surface area contributed by atoms with Crippen molar-refractivity contribution in [3.8, 4) is 11.5 Å². The highest BCUT2D eigenvalue weighted by atomic mass is 32.2. The fraction of sp³-hybridized carbons (Fsp3) is 0.550. The van der Waals surface area contributed by atoms with Gasteiger partial charge in [0.25, 0.3) is 0 Å². The Kier molecular flexibility index (Phi) is 6.13. The van der Waals surface area contributed by atoms with E-state index in [1.54, 1.807) is 32.4 Å². The first kappa shape index (κ1) is 19.9. The first-order valence-corrected chi connectivity index (χ1v) is 11.0. The zero-order valence-electron chi connectivity index (χ0n) is 16.9. The molecule has 2 aromatic rings. The number of rotatable bonds is 8. The Hall–Kier alpha value is -2.42. The van der Waals surface area contributed by atoms with Crippen LogP contribution in [0.3, 0.4) is 0 Å². The van der Waals surface area contributed by atoms with Gasteiger partial charge in [-0.2, -0.15) is 0 Å². The van der Waals surface area contributed by atoms with E-state index in [1.165, 1.54) is 31.0 Å². The summed E-state index contributed by atoms with van der Waals surface area (Å²) in [4.78, 5) is 14.8. The van der Waals surface area contributed by atoms with E-state index < -0.39 is 0 Å². The molecule has 4 rings (SSSR count). The van der Waals surface area contributed by atoms with Gasteiger partial charge >= 0.3 is 0 Å². The predicted octanol–water partition coefficient (Wildman–Crippen LogP) is 3.35. The van der Waals surface area contributed by atoms with Crippen LogP contribution in [-0.2, 0) is 4.79 Å². The van der Waals surface area contributed by atoms with E-state index >= 15 is 0 Å². The molecule has 1 saturated carbocycles. The average Bonchev–Trinajstić information content (AvgIpc) is 3.51. The van der Waals surface area contributed by atoms with Gasteiger partial charge in [-0.05, 0) is 32.1 Å². The van der Waals surface area contributed by atoms with Crippen molar-refractivity contribution in [2.75, 3.05) is 43.3 Å². The molecule has 29 heavy (non-hydrogen) atoms. The van der Waals surface area contributed by atoms with Crippen molar-refractivity contribution < 1.29 is 14.3 Å². The van der Waals surface area contributed by atoms with E-state index in [0.29, 0.717) is 23.2 Å². The van der Waals surface area contributed by atoms with Gasteiger partial charge in [-0.15, -0.1) is 10.2 Å². The third-order valence-electron chi connectivity index (χ3n) is 5.17. The summed E-state index contributed by atoms with van der Waals surface area (Å²) < 4.78 is 12.7. The van der Waals surface area contributed by atoms with Crippen molar-refractivity contribution in [3.05, 3.63) is 18.2 Å². The standard InChI is InChI=1S/C20H27N5O3S/c1-27-16-10-14(11-17(12-16)28-2)21-18(26)13-29-20-23-22-19(25(20)15-6-7-15)24-8-4-3-5-9-24/h10-12,15H,3-9,13H2,1-2H3,(H,21,26). The van der Waals surface area contributed by atoms with Crippen molar-refractivity contribution in [2.24, 2.45) is 0 Å². The molecule has 2 heterocycles. The van der Waals surface area contributed by atoms with Gasteiger partial charge in [0.15, 0.2) is 5.16 Å². The van der Waals surface area contributed by atoms with Gasteiger partial charge in [0, 0.05) is 43.0 Å². The molecule has 2 fully saturated rings. The summed E-state index contributed by atoms with van der Waals surface area (Å²) in [7, 11) is 3.17. The minimum absolute atomic E-state index is 0.102. The van der Waals surface area contributed by atoms with Gasteiger partial charge in [0.2, 0.25) is 11.9 Å². The maximum Gasteiger partial charge on any atom is 0.234 e. The monoisotopic (exact) mass is 417 g/mol. The van der Waals surface area contributed by atoms with E-state index in [1.807, 2.05) is 0 Å². The molecule has 156 valence electrons. The number of hydrogen-bond donors (Lipinski definition) is 1. The van der Waals surface area contributed by atoms with Crippen molar-refractivity contribution in [1.29, 1.82) is 0 Å². The summed E-state index contributed by atoms with van der Waals surface area (Å²) in [6.07, 6.45) is 5.99. The van der Waals surface area contributed by atoms with E-state index in [-0.39, 0.29) is 11.7 Å². The molecule has 1 saturated heterocycles. The molecule has 1 amide bonds. The fourth-order valence-corrected chi connectivity index (χ4v) is 4.34. The zero-order chi connectivity index (χ0) is 20.2. The molecule has 1 aromatic carbocycles. The van der Waals surface area contributed by atoms with Gasteiger partial charge in [-0.3, -0.25) is 9.36 Å². The Bertz CT molecular complexity index is 840. The second kappa shape index (κ2) is 8.94. The Morgan fingerprint density at radius 1 is 1.10 bits per heavy atom. The Balaban J connectivity index is 1.41.